The molecule has 0 saturated carbocycles. The van der Waals surface area contributed by atoms with Crippen molar-refractivity contribution in [3.63, 3.8) is 0 Å². The summed E-state index contributed by atoms with van der Waals surface area (Å²) < 4.78 is 42.5. The van der Waals surface area contributed by atoms with E-state index in [9.17, 15) is 13.2 Å². The fraction of sp³-hybridized carbons (Fsp3) is 0.188. The normalized spacial score (nSPS) is 11.3. The summed E-state index contributed by atoms with van der Waals surface area (Å²) in [5, 5.41) is 9.01. The van der Waals surface area contributed by atoms with Gasteiger partial charge in [-0.3, -0.25) is 0 Å². The summed E-state index contributed by atoms with van der Waals surface area (Å²) in [6.45, 7) is 0.252. The molecule has 0 bridgehead atoms. The van der Waals surface area contributed by atoms with Crippen LogP contribution in [0.25, 0.3) is 22.4 Å². The predicted octanol–water partition coefficient (Wildman–Crippen LogP) is 3.50. The van der Waals surface area contributed by atoms with E-state index in [1.165, 1.54) is 6.07 Å². The van der Waals surface area contributed by atoms with Crippen LogP contribution >= 0.6 is 0 Å². The molecule has 3 aromatic rings. The summed E-state index contributed by atoms with van der Waals surface area (Å²) in [6.07, 6.45) is 0.395. The number of hydrogen-bond donors (Lipinski definition) is 1. The molecular weight excluding hydrogens is 293 g/mol. The molecule has 114 valence electrons. The third-order valence-electron chi connectivity index (χ3n) is 3.44. The lowest BCUT2D eigenvalue weighted by molar-refractivity contribution is 0.281. The molecule has 6 heteroatoms. The van der Waals surface area contributed by atoms with Gasteiger partial charge in [0.15, 0.2) is 11.6 Å². The van der Waals surface area contributed by atoms with Crippen molar-refractivity contribution in [2.24, 2.45) is 0 Å². The molecule has 1 aromatic heterocycles. The molecule has 2 aromatic carbocycles. The number of halogens is 3. The van der Waals surface area contributed by atoms with Crippen LogP contribution in [0.2, 0.25) is 0 Å². The highest BCUT2D eigenvalue weighted by Crippen LogP contribution is 2.28. The second kappa shape index (κ2) is 5.81. The summed E-state index contributed by atoms with van der Waals surface area (Å²) in [7, 11) is 0. The zero-order valence-corrected chi connectivity index (χ0v) is 11.6. The Balaban J connectivity index is 2.26. The van der Waals surface area contributed by atoms with Crippen LogP contribution in [0.1, 0.15) is 6.42 Å². The van der Waals surface area contributed by atoms with E-state index < -0.39 is 17.5 Å². The number of aliphatic hydroxyl groups is 1. The van der Waals surface area contributed by atoms with Crippen LogP contribution in [0.4, 0.5) is 13.2 Å². The lowest BCUT2D eigenvalue weighted by atomic mass is 10.2. The number of aliphatic hydroxyl groups excluding tert-OH is 1. The average Bonchev–Trinajstić information content (AvgIpc) is 2.83. The maximum atomic E-state index is 14.0. The minimum atomic E-state index is -1.00. The van der Waals surface area contributed by atoms with Gasteiger partial charge in [-0.25, -0.2) is 18.2 Å². The number of aryl methyl sites for hydroxylation is 1. The first kappa shape index (κ1) is 14.6. The molecule has 1 N–H and O–H groups in total. The minimum absolute atomic E-state index is 0.0694. The molecule has 0 atom stereocenters. The van der Waals surface area contributed by atoms with Gasteiger partial charge in [0.2, 0.25) is 0 Å². The zero-order chi connectivity index (χ0) is 15.7. The topological polar surface area (TPSA) is 38.0 Å². The van der Waals surface area contributed by atoms with Crippen LogP contribution < -0.4 is 0 Å². The van der Waals surface area contributed by atoms with E-state index in [1.807, 2.05) is 0 Å². The molecule has 1 heterocycles. The van der Waals surface area contributed by atoms with Gasteiger partial charge in [0.05, 0.1) is 16.6 Å². The van der Waals surface area contributed by atoms with E-state index in [-0.39, 0.29) is 23.5 Å². The van der Waals surface area contributed by atoms with Crippen LogP contribution in [-0.4, -0.2) is 21.3 Å². The smallest absolute Gasteiger partial charge is 0.161 e. The molecule has 3 nitrogen and oxygen atoms in total. The number of nitrogens with zero attached hydrogens (tertiary/aromatic N) is 2. The molecule has 0 radical (unpaired) electrons. The predicted molar refractivity (Wildman–Crippen MR) is 76.7 cm³/mol. The maximum Gasteiger partial charge on any atom is 0.161 e. The number of hydrogen-bond acceptors (Lipinski definition) is 2. The molecule has 0 aliphatic rings. The van der Waals surface area contributed by atoms with Crippen molar-refractivity contribution in [3.05, 3.63) is 53.8 Å². The Kier molecular flexibility index (Phi) is 3.85. The van der Waals surface area contributed by atoms with E-state index >= 15 is 0 Å². The van der Waals surface area contributed by atoms with Crippen molar-refractivity contribution in [2.75, 3.05) is 6.61 Å². The molecule has 22 heavy (non-hydrogen) atoms. The third-order valence-corrected chi connectivity index (χ3v) is 3.44. The molecular formula is C16H13F3N2O. The van der Waals surface area contributed by atoms with Gasteiger partial charge in [-0.1, -0.05) is 12.1 Å². The second-order valence-electron chi connectivity index (χ2n) is 4.90. The molecule has 0 amide bonds. The molecule has 0 spiro atoms. The molecule has 0 saturated heterocycles. The lowest BCUT2D eigenvalue weighted by Gasteiger charge is -2.09. The van der Waals surface area contributed by atoms with Crippen molar-refractivity contribution < 1.29 is 18.3 Å². The van der Waals surface area contributed by atoms with Crippen LogP contribution in [0.3, 0.4) is 0 Å². The second-order valence-corrected chi connectivity index (χ2v) is 4.90. The number of rotatable bonds is 4. The summed E-state index contributed by atoms with van der Waals surface area (Å²) in [6, 6.07) is 8.10. The molecule has 0 aliphatic heterocycles. The van der Waals surface area contributed by atoms with Gasteiger partial charge in [-0.05, 0) is 18.6 Å². The van der Waals surface area contributed by atoms with Gasteiger partial charge < -0.3 is 9.67 Å². The maximum absolute atomic E-state index is 14.0. The van der Waals surface area contributed by atoms with E-state index in [4.69, 9.17) is 5.11 Å². The highest BCUT2D eigenvalue weighted by atomic mass is 19.2. The molecule has 0 fully saturated rings. The number of aromatic nitrogens is 2. The van der Waals surface area contributed by atoms with Gasteiger partial charge in [-0.15, -0.1) is 0 Å². The van der Waals surface area contributed by atoms with Crippen molar-refractivity contribution in [1.29, 1.82) is 0 Å². The Bertz CT molecular complexity index is 830. The first-order chi connectivity index (χ1) is 10.6. The van der Waals surface area contributed by atoms with Gasteiger partial charge >= 0.3 is 0 Å². The van der Waals surface area contributed by atoms with E-state index in [0.717, 1.165) is 12.1 Å². The summed E-state index contributed by atoms with van der Waals surface area (Å²) in [5.41, 5.74) is 0.859. The Morgan fingerprint density at radius 3 is 2.45 bits per heavy atom. The standard InChI is InChI=1S/C16H13F3N2O/c17-11-5-2-1-4-10(11)16-20-14-8-12(18)13(19)9-15(14)21(16)6-3-7-22/h1-2,4-5,8-9,22H,3,6-7H2. The average molecular weight is 306 g/mol. The molecule has 0 aliphatic carbocycles. The van der Waals surface area contributed by atoms with Crippen LogP contribution in [0.5, 0.6) is 0 Å². The van der Waals surface area contributed by atoms with Crippen LogP contribution in [-0.2, 0) is 6.54 Å². The van der Waals surface area contributed by atoms with Crippen molar-refractivity contribution >= 4 is 11.0 Å². The summed E-state index contributed by atoms with van der Waals surface area (Å²) in [4.78, 5) is 4.23. The fourth-order valence-electron chi connectivity index (χ4n) is 2.42. The van der Waals surface area contributed by atoms with Crippen LogP contribution in [0.15, 0.2) is 36.4 Å². The van der Waals surface area contributed by atoms with Gasteiger partial charge in [0, 0.05) is 25.3 Å². The van der Waals surface area contributed by atoms with Gasteiger partial charge in [0.25, 0.3) is 0 Å². The van der Waals surface area contributed by atoms with E-state index in [0.29, 0.717) is 18.5 Å². The Labute approximate surface area is 124 Å². The minimum Gasteiger partial charge on any atom is -0.396 e. The van der Waals surface area contributed by atoms with Crippen molar-refractivity contribution in [1.82, 2.24) is 9.55 Å². The van der Waals surface area contributed by atoms with Gasteiger partial charge in [0.1, 0.15) is 11.6 Å². The first-order valence-corrected chi connectivity index (χ1v) is 6.83. The van der Waals surface area contributed by atoms with Crippen molar-refractivity contribution in [2.45, 2.75) is 13.0 Å². The van der Waals surface area contributed by atoms with Gasteiger partial charge in [-0.2, -0.15) is 0 Å². The SMILES string of the molecule is OCCCn1c(-c2ccccc2F)nc2cc(F)c(F)cc21. The third kappa shape index (κ3) is 2.46. The number of fused-ring (bicyclic) bond motifs is 1. The largest absolute Gasteiger partial charge is 0.396 e. The van der Waals surface area contributed by atoms with Crippen LogP contribution in [0, 0.1) is 17.5 Å². The number of benzene rings is 2. The Morgan fingerprint density at radius 1 is 1.00 bits per heavy atom. The van der Waals surface area contributed by atoms with E-state index in [1.54, 1.807) is 22.8 Å². The summed E-state index contributed by atoms with van der Waals surface area (Å²) in [5.74, 6) is -2.17. The number of imidazole rings is 1. The summed E-state index contributed by atoms with van der Waals surface area (Å²) >= 11 is 0. The first-order valence-electron chi connectivity index (χ1n) is 6.83. The monoisotopic (exact) mass is 306 g/mol. The Morgan fingerprint density at radius 2 is 1.73 bits per heavy atom. The van der Waals surface area contributed by atoms with Crippen molar-refractivity contribution in [3.8, 4) is 11.4 Å². The fourth-order valence-corrected chi connectivity index (χ4v) is 2.42. The Hall–Kier alpha value is -2.34. The highest BCUT2D eigenvalue weighted by Gasteiger charge is 2.17. The molecule has 3 rings (SSSR count). The van der Waals surface area contributed by atoms with E-state index in [2.05, 4.69) is 4.98 Å². The highest BCUT2D eigenvalue weighted by molar-refractivity contribution is 5.81. The quantitative estimate of drug-likeness (QED) is 0.801. The molecule has 0 unspecified atom stereocenters. The zero-order valence-electron chi connectivity index (χ0n) is 11.6. The lowest BCUT2D eigenvalue weighted by Crippen LogP contribution is -2.03.